The molecule has 1 aromatic heterocycles. The maximum absolute atomic E-state index is 5.49. The van der Waals surface area contributed by atoms with Crippen LogP contribution in [0.2, 0.25) is 0 Å². The predicted molar refractivity (Wildman–Crippen MR) is 109 cm³/mol. The molecule has 0 atom stereocenters. The number of methoxy groups -OCH3 is 3. The highest BCUT2D eigenvalue weighted by Crippen LogP contribution is 2.34. The fourth-order valence-corrected chi connectivity index (χ4v) is 3.51. The molecule has 1 heterocycles. The van der Waals surface area contributed by atoms with E-state index in [0.717, 1.165) is 28.8 Å². The van der Waals surface area contributed by atoms with E-state index in [9.17, 15) is 0 Å². The monoisotopic (exact) mass is 392 g/mol. The van der Waals surface area contributed by atoms with E-state index in [-0.39, 0.29) is 0 Å². The van der Waals surface area contributed by atoms with Crippen molar-refractivity contribution in [3.63, 3.8) is 0 Å². The Kier molecular flexibility index (Phi) is 7.72. The van der Waals surface area contributed by atoms with Crippen LogP contribution in [0.1, 0.15) is 28.1 Å². The molecule has 148 valence electrons. The summed E-state index contributed by atoms with van der Waals surface area (Å²) in [6.45, 7) is 7.93. The SMILES string of the molecule is CCNC(=NCc1c(OC)cc(OC)cc1OC)NCc1sc(C)nc1C. The zero-order chi connectivity index (χ0) is 19.8. The van der Waals surface area contributed by atoms with E-state index in [4.69, 9.17) is 14.2 Å². The fraction of sp³-hybridized carbons (Fsp3) is 0.474. The highest BCUT2D eigenvalue weighted by Gasteiger charge is 2.13. The van der Waals surface area contributed by atoms with Gasteiger partial charge in [-0.3, -0.25) is 0 Å². The maximum atomic E-state index is 5.49. The Morgan fingerprint density at radius 2 is 1.74 bits per heavy atom. The van der Waals surface area contributed by atoms with Crippen LogP contribution in [0, 0.1) is 13.8 Å². The Bertz CT molecular complexity index is 764. The van der Waals surface area contributed by atoms with Gasteiger partial charge in [0.2, 0.25) is 0 Å². The van der Waals surface area contributed by atoms with E-state index >= 15 is 0 Å². The number of nitrogens with one attached hydrogen (secondary N) is 2. The largest absolute Gasteiger partial charge is 0.496 e. The molecular formula is C19H28N4O3S. The minimum absolute atomic E-state index is 0.409. The first-order chi connectivity index (χ1) is 13.0. The number of thiazole rings is 1. The third-order valence-electron chi connectivity index (χ3n) is 3.97. The van der Waals surface area contributed by atoms with Gasteiger partial charge in [0.25, 0.3) is 0 Å². The number of hydrogen-bond donors (Lipinski definition) is 2. The normalized spacial score (nSPS) is 11.3. The van der Waals surface area contributed by atoms with Gasteiger partial charge in [-0.25, -0.2) is 9.98 Å². The number of ether oxygens (including phenoxy) is 3. The van der Waals surface area contributed by atoms with Gasteiger partial charge in [-0.15, -0.1) is 11.3 Å². The van der Waals surface area contributed by atoms with E-state index in [1.807, 2.05) is 32.9 Å². The molecule has 0 saturated carbocycles. The standard InChI is InChI=1S/C19H28N4O3S/c1-7-20-19(22-11-18-12(2)23-13(3)27-18)21-10-15-16(25-5)8-14(24-4)9-17(15)26-6/h8-9H,7,10-11H2,1-6H3,(H2,20,21,22). The van der Waals surface area contributed by atoms with Crippen molar-refractivity contribution in [3.05, 3.63) is 33.3 Å². The summed E-state index contributed by atoms with van der Waals surface area (Å²) in [4.78, 5) is 10.4. The van der Waals surface area contributed by atoms with E-state index < -0.39 is 0 Å². The highest BCUT2D eigenvalue weighted by molar-refractivity contribution is 7.11. The average Bonchev–Trinajstić information content (AvgIpc) is 3.00. The maximum Gasteiger partial charge on any atom is 0.191 e. The van der Waals surface area contributed by atoms with Crippen molar-refractivity contribution in [1.29, 1.82) is 0 Å². The molecule has 7 nitrogen and oxygen atoms in total. The van der Waals surface area contributed by atoms with E-state index in [1.165, 1.54) is 4.88 Å². The van der Waals surface area contributed by atoms with Crippen molar-refractivity contribution >= 4 is 17.3 Å². The summed E-state index contributed by atoms with van der Waals surface area (Å²) in [5.41, 5.74) is 1.92. The van der Waals surface area contributed by atoms with Crippen LogP contribution in [-0.4, -0.2) is 38.8 Å². The predicted octanol–water partition coefficient (Wildman–Crippen LogP) is 3.04. The summed E-state index contributed by atoms with van der Waals surface area (Å²) in [6.07, 6.45) is 0. The van der Waals surface area contributed by atoms with Crippen LogP contribution in [0.25, 0.3) is 0 Å². The van der Waals surface area contributed by atoms with Crippen LogP contribution in [-0.2, 0) is 13.1 Å². The van der Waals surface area contributed by atoms with Crippen molar-refractivity contribution in [2.24, 2.45) is 4.99 Å². The Labute approximate surface area is 164 Å². The third kappa shape index (κ3) is 5.50. The van der Waals surface area contributed by atoms with E-state index in [2.05, 4.69) is 20.6 Å². The lowest BCUT2D eigenvalue weighted by atomic mass is 10.1. The molecule has 2 rings (SSSR count). The molecule has 0 bridgehead atoms. The third-order valence-corrected chi connectivity index (χ3v) is 5.05. The fourth-order valence-electron chi connectivity index (χ4n) is 2.64. The van der Waals surface area contributed by atoms with Crippen LogP contribution in [0.3, 0.4) is 0 Å². The molecule has 0 aliphatic rings. The summed E-state index contributed by atoms with van der Waals surface area (Å²) in [6, 6.07) is 3.66. The second kappa shape index (κ2) is 10.0. The molecule has 0 aliphatic carbocycles. The lowest BCUT2D eigenvalue weighted by molar-refractivity contribution is 0.369. The zero-order valence-corrected chi connectivity index (χ0v) is 17.6. The summed E-state index contributed by atoms with van der Waals surface area (Å²) in [5, 5.41) is 7.69. The number of aliphatic imine (C=N–C) groups is 1. The first-order valence-corrected chi connectivity index (χ1v) is 9.57. The first-order valence-electron chi connectivity index (χ1n) is 8.76. The molecule has 0 aliphatic heterocycles. The van der Waals surface area contributed by atoms with Crippen LogP contribution in [0.4, 0.5) is 0 Å². The molecule has 0 unspecified atom stereocenters. The van der Waals surface area contributed by atoms with Crippen molar-refractivity contribution < 1.29 is 14.2 Å². The second-order valence-corrected chi connectivity index (χ2v) is 7.09. The van der Waals surface area contributed by atoms with Gasteiger partial charge in [0.1, 0.15) is 17.2 Å². The van der Waals surface area contributed by atoms with Crippen LogP contribution >= 0.6 is 11.3 Å². The molecule has 2 N–H and O–H groups in total. The van der Waals surface area contributed by atoms with Gasteiger partial charge in [-0.05, 0) is 20.8 Å². The molecule has 8 heteroatoms. The number of aromatic nitrogens is 1. The van der Waals surface area contributed by atoms with Gasteiger partial charge in [0.05, 0.1) is 50.7 Å². The molecule has 0 radical (unpaired) electrons. The number of aryl methyl sites for hydroxylation is 2. The minimum Gasteiger partial charge on any atom is -0.496 e. The molecule has 0 saturated heterocycles. The van der Waals surface area contributed by atoms with Crippen LogP contribution < -0.4 is 24.8 Å². The van der Waals surface area contributed by atoms with Crippen molar-refractivity contribution in [2.75, 3.05) is 27.9 Å². The Morgan fingerprint density at radius 3 is 2.22 bits per heavy atom. The van der Waals surface area contributed by atoms with Gasteiger partial charge in [-0.1, -0.05) is 0 Å². The van der Waals surface area contributed by atoms with Gasteiger partial charge in [-0.2, -0.15) is 0 Å². The molecule has 1 aromatic carbocycles. The van der Waals surface area contributed by atoms with Crippen molar-refractivity contribution in [3.8, 4) is 17.2 Å². The molecular weight excluding hydrogens is 364 g/mol. The molecule has 0 spiro atoms. The minimum atomic E-state index is 0.409. The summed E-state index contributed by atoms with van der Waals surface area (Å²) in [5.74, 6) is 2.76. The smallest absolute Gasteiger partial charge is 0.191 e. The van der Waals surface area contributed by atoms with Crippen LogP contribution in [0.5, 0.6) is 17.2 Å². The van der Waals surface area contributed by atoms with Crippen LogP contribution in [0.15, 0.2) is 17.1 Å². The van der Waals surface area contributed by atoms with Gasteiger partial charge in [0.15, 0.2) is 5.96 Å². The van der Waals surface area contributed by atoms with Crippen molar-refractivity contribution in [2.45, 2.75) is 33.9 Å². The quantitative estimate of drug-likeness (QED) is 0.531. The average molecular weight is 393 g/mol. The lowest BCUT2D eigenvalue weighted by Crippen LogP contribution is -2.36. The highest BCUT2D eigenvalue weighted by atomic mass is 32.1. The number of benzene rings is 1. The topological polar surface area (TPSA) is 77.0 Å². The number of hydrogen-bond acceptors (Lipinski definition) is 6. The van der Waals surface area contributed by atoms with Gasteiger partial charge >= 0.3 is 0 Å². The Morgan fingerprint density at radius 1 is 1.07 bits per heavy atom. The Hall–Kier alpha value is -2.48. The van der Waals surface area contributed by atoms with E-state index in [0.29, 0.717) is 30.3 Å². The Balaban J connectivity index is 2.19. The number of rotatable bonds is 8. The van der Waals surface area contributed by atoms with Gasteiger partial charge in [0, 0.05) is 23.6 Å². The van der Waals surface area contributed by atoms with E-state index in [1.54, 1.807) is 32.7 Å². The molecule has 0 amide bonds. The van der Waals surface area contributed by atoms with Crippen molar-refractivity contribution in [1.82, 2.24) is 15.6 Å². The number of guanidine groups is 1. The molecule has 27 heavy (non-hydrogen) atoms. The zero-order valence-electron chi connectivity index (χ0n) is 16.8. The first kappa shape index (κ1) is 20.8. The van der Waals surface area contributed by atoms with Gasteiger partial charge < -0.3 is 24.8 Å². The summed E-state index contributed by atoms with van der Waals surface area (Å²) in [7, 11) is 4.86. The lowest BCUT2D eigenvalue weighted by Gasteiger charge is -2.15. The summed E-state index contributed by atoms with van der Waals surface area (Å²) < 4.78 is 16.3. The number of nitrogens with zero attached hydrogens (tertiary/aromatic N) is 2. The summed E-state index contributed by atoms with van der Waals surface area (Å²) >= 11 is 1.69. The molecule has 2 aromatic rings. The molecule has 0 fully saturated rings. The second-order valence-electron chi connectivity index (χ2n) is 5.80.